The number of rotatable bonds is 2. The number of hydrogen-bond donors (Lipinski definition) is 1. The molecule has 3 heteroatoms. The fourth-order valence-electron chi connectivity index (χ4n) is 5.21. The van der Waals surface area contributed by atoms with Crippen LogP contribution in [0.1, 0.15) is 77.3 Å². The Morgan fingerprint density at radius 1 is 0.893 bits per heavy atom. The fourth-order valence-corrected chi connectivity index (χ4v) is 5.21. The van der Waals surface area contributed by atoms with Gasteiger partial charge in [0.15, 0.2) is 11.6 Å². The summed E-state index contributed by atoms with van der Waals surface area (Å²) in [5, 5.41) is 3.58. The molecule has 0 aromatic heterocycles. The maximum atomic E-state index is 13.3. The van der Waals surface area contributed by atoms with Gasteiger partial charge in [0.25, 0.3) is 0 Å². The number of benzene rings is 1. The van der Waals surface area contributed by atoms with E-state index in [1.54, 1.807) is 0 Å². The number of allylic oxidation sites excluding steroid dienone is 4. The molecular formula is C25H31NO2. The zero-order valence-electron chi connectivity index (χ0n) is 17.7. The molecule has 0 radical (unpaired) electrons. The molecule has 1 aliphatic heterocycles. The topological polar surface area (TPSA) is 46.2 Å². The van der Waals surface area contributed by atoms with Gasteiger partial charge in [-0.15, -0.1) is 0 Å². The summed E-state index contributed by atoms with van der Waals surface area (Å²) in [7, 11) is 0. The molecule has 0 saturated carbocycles. The summed E-state index contributed by atoms with van der Waals surface area (Å²) in [5.74, 6) is 0.162. The molecule has 0 unspecified atom stereocenters. The molecule has 0 atom stereocenters. The zero-order chi connectivity index (χ0) is 20.3. The van der Waals surface area contributed by atoms with Crippen LogP contribution in [-0.4, -0.2) is 11.6 Å². The van der Waals surface area contributed by atoms with Crippen LogP contribution in [0.2, 0.25) is 0 Å². The average Bonchev–Trinajstić information content (AvgIpc) is 2.57. The van der Waals surface area contributed by atoms with Crippen LogP contribution in [0.25, 0.3) is 0 Å². The van der Waals surface area contributed by atoms with E-state index < -0.39 is 0 Å². The summed E-state index contributed by atoms with van der Waals surface area (Å²) >= 11 is 0. The van der Waals surface area contributed by atoms with Crippen LogP contribution in [0.5, 0.6) is 0 Å². The summed E-state index contributed by atoms with van der Waals surface area (Å²) in [4.78, 5) is 26.5. The standard InChI is InChI=1S/C25H31NO2/c1-6-15-8-7-9-16(10-15)21-22-17(11-24(2,3)13-19(22)27)26-18-12-25(4,5)14-20(28)23(18)21/h7-10,21,26H,6,11-14H2,1-5H3. The first-order valence-corrected chi connectivity index (χ1v) is 10.5. The summed E-state index contributed by atoms with van der Waals surface area (Å²) < 4.78 is 0. The molecule has 1 heterocycles. The Labute approximate surface area is 168 Å². The smallest absolute Gasteiger partial charge is 0.162 e. The van der Waals surface area contributed by atoms with Crippen molar-refractivity contribution in [1.29, 1.82) is 0 Å². The Hall–Kier alpha value is -2.16. The molecule has 1 aromatic rings. The van der Waals surface area contributed by atoms with Gasteiger partial charge < -0.3 is 5.32 Å². The first-order valence-electron chi connectivity index (χ1n) is 10.5. The van der Waals surface area contributed by atoms with E-state index in [0.717, 1.165) is 47.4 Å². The molecule has 2 aliphatic carbocycles. The molecule has 1 aromatic carbocycles. The highest BCUT2D eigenvalue weighted by Gasteiger charge is 2.46. The second-order valence-electron chi connectivity index (χ2n) is 10.3. The number of carbonyl (C=O) groups is 2. The highest BCUT2D eigenvalue weighted by molar-refractivity contribution is 6.06. The highest BCUT2D eigenvalue weighted by atomic mass is 16.1. The van der Waals surface area contributed by atoms with Gasteiger partial charge in [0.05, 0.1) is 0 Å². The van der Waals surface area contributed by atoms with Crippen molar-refractivity contribution >= 4 is 11.6 Å². The molecule has 0 fully saturated rings. The van der Waals surface area contributed by atoms with E-state index in [1.165, 1.54) is 5.56 Å². The Morgan fingerprint density at radius 2 is 1.43 bits per heavy atom. The van der Waals surface area contributed by atoms with Gasteiger partial charge in [-0.2, -0.15) is 0 Å². The number of dihydropyridines is 1. The van der Waals surface area contributed by atoms with Crippen LogP contribution in [0.4, 0.5) is 0 Å². The van der Waals surface area contributed by atoms with Crippen LogP contribution < -0.4 is 5.32 Å². The molecule has 4 rings (SSSR count). The quantitative estimate of drug-likeness (QED) is 0.768. The lowest BCUT2D eigenvalue weighted by molar-refractivity contribution is -0.119. The van der Waals surface area contributed by atoms with Crippen molar-refractivity contribution in [2.24, 2.45) is 10.8 Å². The predicted molar refractivity (Wildman–Crippen MR) is 112 cm³/mol. The number of hydrogen-bond acceptors (Lipinski definition) is 3. The Morgan fingerprint density at radius 3 is 1.93 bits per heavy atom. The number of carbonyl (C=O) groups excluding carboxylic acids is 2. The van der Waals surface area contributed by atoms with Gasteiger partial charge in [-0.25, -0.2) is 0 Å². The zero-order valence-corrected chi connectivity index (χ0v) is 17.7. The highest BCUT2D eigenvalue weighted by Crippen LogP contribution is 2.50. The molecule has 28 heavy (non-hydrogen) atoms. The summed E-state index contributed by atoms with van der Waals surface area (Å²) in [5.41, 5.74) is 5.97. The van der Waals surface area contributed by atoms with Gasteiger partial charge in [0.1, 0.15) is 0 Å². The molecule has 0 spiro atoms. The molecule has 148 valence electrons. The van der Waals surface area contributed by atoms with Crippen LogP contribution >= 0.6 is 0 Å². The number of ketones is 2. The minimum absolute atomic E-state index is 0.0506. The minimum atomic E-state index is -0.218. The van der Waals surface area contributed by atoms with Crippen molar-refractivity contribution in [3.8, 4) is 0 Å². The van der Waals surface area contributed by atoms with Gasteiger partial charge in [-0.05, 0) is 41.2 Å². The van der Waals surface area contributed by atoms with Crippen molar-refractivity contribution < 1.29 is 9.59 Å². The van der Waals surface area contributed by atoms with E-state index in [0.29, 0.717) is 12.8 Å². The average molecular weight is 378 g/mol. The minimum Gasteiger partial charge on any atom is -0.362 e. The molecule has 0 bridgehead atoms. The van der Waals surface area contributed by atoms with Crippen molar-refractivity contribution in [3.05, 3.63) is 57.9 Å². The first-order chi connectivity index (χ1) is 13.1. The van der Waals surface area contributed by atoms with Crippen molar-refractivity contribution in [2.45, 2.75) is 72.6 Å². The van der Waals surface area contributed by atoms with Crippen LogP contribution in [0.3, 0.4) is 0 Å². The Bertz CT molecular complexity index is 878. The molecule has 0 saturated heterocycles. The maximum Gasteiger partial charge on any atom is 0.162 e. The lowest BCUT2D eigenvalue weighted by atomic mass is 9.64. The van der Waals surface area contributed by atoms with E-state index in [9.17, 15) is 9.59 Å². The third-order valence-corrected chi connectivity index (χ3v) is 6.41. The van der Waals surface area contributed by atoms with Crippen molar-refractivity contribution in [3.63, 3.8) is 0 Å². The van der Waals surface area contributed by atoms with Crippen LogP contribution in [0.15, 0.2) is 46.8 Å². The number of aryl methyl sites for hydroxylation is 1. The molecule has 3 nitrogen and oxygen atoms in total. The summed E-state index contributed by atoms with van der Waals surface area (Å²) in [6.45, 7) is 10.8. The van der Waals surface area contributed by atoms with E-state index in [2.05, 4.69) is 64.2 Å². The van der Waals surface area contributed by atoms with Gasteiger partial charge in [-0.3, -0.25) is 9.59 Å². The number of nitrogens with one attached hydrogen (secondary N) is 1. The monoisotopic (exact) mass is 377 g/mol. The van der Waals surface area contributed by atoms with Crippen LogP contribution in [-0.2, 0) is 16.0 Å². The largest absolute Gasteiger partial charge is 0.362 e. The second kappa shape index (κ2) is 6.43. The summed E-state index contributed by atoms with van der Waals surface area (Å²) in [6, 6.07) is 8.45. The van der Waals surface area contributed by atoms with E-state index in [1.807, 2.05) is 0 Å². The lowest BCUT2D eigenvalue weighted by Crippen LogP contribution is -2.42. The SMILES string of the molecule is CCc1cccc(C2C3=C(CC(C)(C)CC3=O)NC3=C2C(=O)CC(C)(C)C3)c1. The van der Waals surface area contributed by atoms with Gasteiger partial charge in [-0.1, -0.05) is 58.9 Å². The van der Waals surface area contributed by atoms with E-state index >= 15 is 0 Å². The lowest BCUT2D eigenvalue weighted by Gasteiger charge is -2.44. The molecule has 0 amide bonds. The first kappa shape index (κ1) is 19.2. The fraction of sp³-hybridized carbons (Fsp3) is 0.520. The number of Topliss-reactive ketones (excluding diaryl/α,β-unsaturated/α-hetero) is 2. The van der Waals surface area contributed by atoms with Gasteiger partial charge in [0, 0.05) is 41.3 Å². The van der Waals surface area contributed by atoms with E-state index in [-0.39, 0.29) is 28.3 Å². The van der Waals surface area contributed by atoms with Crippen LogP contribution in [0, 0.1) is 10.8 Å². The molecular weight excluding hydrogens is 346 g/mol. The third-order valence-electron chi connectivity index (χ3n) is 6.41. The third kappa shape index (κ3) is 3.25. The Kier molecular flexibility index (Phi) is 4.41. The normalized spacial score (nSPS) is 24.0. The molecule has 1 N–H and O–H groups in total. The summed E-state index contributed by atoms with van der Waals surface area (Å²) in [6.07, 6.45) is 3.73. The second-order valence-corrected chi connectivity index (χ2v) is 10.3. The Balaban J connectivity index is 1.91. The maximum absolute atomic E-state index is 13.3. The van der Waals surface area contributed by atoms with Crippen molar-refractivity contribution in [1.82, 2.24) is 5.32 Å². The van der Waals surface area contributed by atoms with E-state index in [4.69, 9.17) is 0 Å². The molecule has 3 aliphatic rings. The van der Waals surface area contributed by atoms with Gasteiger partial charge >= 0.3 is 0 Å². The van der Waals surface area contributed by atoms with Crippen molar-refractivity contribution in [2.75, 3.05) is 0 Å². The van der Waals surface area contributed by atoms with Gasteiger partial charge in [0.2, 0.25) is 0 Å². The predicted octanol–water partition coefficient (Wildman–Crippen LogP) is 5.22.